The first-order valence-corrected chi connectivity index (χ1v) is 14.3. The molecule has 0 spiro atoms. The molecule has 0 radical (unpaired) electrons. The van der Waals surface area contributed by atoms with Crippen molar-refractivity contribution in [3.63, 3.8) is 0 Å². The van der Waals surface area contributed by atoms with Gasteiger partial charge in [-0.25, -0.2) is 9.98 Å². The molecule has 0 aromatic rings. The van der Waals surface area contributed by atoms with E-state index >= 15 is 0 Å². The minimum absolute atomic E-state index is 0.0860. The summed E-state index contributed by atoms with van der Waals surface area (Å²) in [5.74, 6) is 0. The second-order valence-electron chi connectivity index (χ2n) is 8.18. The molecule has 0 rings (SSSR count). The third-order valence-corrected chi connectivity index (χ3v) is 4.20. The van der Waals surface area contributed by atoms with E-state index in [1.165, 1.54) is 12.0 Å². The zero-order valence-electron chi connectivity index (χ0n) is 15.2. The maximum absolute atomic E-state index is 4.40. The van der Waals surface area contributed by atoms with Crippen LogP contribution < -0.4 is 4.98 Å². The van der Waals surface area contributed by atoms with Gasteiger partial charge in [0.25, 0.3) is 0 Å². The maximum Gasteiger partial charge on any atom is 0.174 e. The Kier molecular flexibility index (Phi) is 7.46. The zero-order valence-corrected chi connectivity index (χ0v) is 17.2. The van der Waals surface area contributed by atoms with Crippen LogP contribution >= 0.6 is 0 Å². The average molecular weight is 325 g/mol. The van der Waals surface area contributed by atoms with Crippen molar-refractivity contribution < 1.29 is 0 Å². The van der Waals surface area contributed by atoms with Gasteiger partial charge >= 0.3 is 0 Å². The van der Waals surface area contributed by atoms with Crippen molar-refractivity contribution in [2.45, 2.75) is 60.1 Å². The van der Waals surface area contributed by atoms with Gasteiger partial charge in [0.1, 0.15) is 20.9 Å². The van der Waals surface area contributed by atoms with Crippen molar-refractivity contribution in [1.82, 2.24) is 4.98 Å². The van der Waals surface area contributed by atoms with Gasteiger partial charge in [0.05, 0.1) is 0 Å². The molecule has 0 bridgehead atoms. The fraction of sp³-hybridized carbons (Fsp3) is 0.667. The number of rotatable bonds is 6. The molecule has 0 amide bonds. The van der Waals surface area contributed by atoms with Gasteiger partial charge < -0.3 is 9.64 Å². The summed E-state index contributed by atoms with van der Waals surface area (Å²) in [6.07, 6.45) is 6.98. The third kappa shape index (κ3) is 12.4. The van der Waals surface area contributed by atoms with Crippen LogP contribution in [0.25, 0.3) is 0 Å². The van der Waals surface area contributed by atoms with E-state index in [0.29, 0.717) is 0 Å². The molecule has 0 saturated carbocycles. The van der Waals surface area contributed by atoms with E-state index in [0.717, 1.165) is 0 Å². The maximum atomic E-state index is 4.40. The molecule has 1 N–H and O–H groups in total. The summed E-state index contributed by atoms with van der Waals surface area (Å²) in [6, 6.07) is 0. The lowest BCUT2D eigenvalue weighted by atomic mass is 9.92. The van der Waals surface area contributed by atoms with Crippen LogP contribution in [0.15, 0.2) is 26.4 Å². The smallest absolute Gasteiger partial charge is 0.174 e. The van der Waals surface area contributed by atoms with E-state index < -0.39 is 16.5 Å². The largest absolute Gasteiger partial charge is 0.414 e. The normalized spacial score (nSPS) is 15.6. The molecule has 0 atom stereocenters. The van der Waals surface area contributed by atoms with Crippen molar-refractivity contribution in [3.05, 3.63) is 11.8 Å². The van der Waals surface area contributed by atoms with Gasteiger partial charge in [-0.2, -0.15) is 0 Å². The number of allylic oxidation sites excluding steroid dienone is 2. The van der Waals surface area contributed by atoms with Crippen LogP contribution in [0, 0.1) is 5.41 Å². The monoisotopic (exact) mass is 324 g/mol. The van der Waals surface area contributed by atoms with E-state index in [1.807, 2.05) is 6.08 Å². The molecular formula is C15H32N4Si2. The second-order valence-corrected chi connectivity index (χ2v) is 17.5. The van der Waals surface area contributed by atoms with Crippen molar-refractivity contribution >= 4 is 35.4 Å². The van der Waals surface area contributed by atoms with Gasteiger partial charge in [-0.05, 0) is 25.7 Å². The Labute approximate surface area is 132 Å². The van der Waals surface area contributed by atoms with Crippen molar-refractivity contribution in [2.75, 3.05) is 0 Å². The topological polar surface area (TPSA) is 49.1 Å². The predicted molar refractivity (Wildman–Crippen MR) is 103 cm³/mol. The minimum Gasteiger partial charge on any atom is -0.414 e. The standard InChI is InChI=1S/C15H32N4Si2/c1-15(2,3)14(19-21(7,8)9)10-11-16-12-17-13-18-20(4,5)6/h10-13,19H,1-9H3/b14-10?,16-11?,17-12?,18-13+. The van der Waals surface area contributed by atoms with Crippen molar-refractivity contribution in [1.29, 1.82) is 0 Å². The first-order chi connectivity index (χ1) is 9.31. The molecule has 0 aliphatic heterocycles. The molecule has 0 heterocycles. The molecule has 21 heavy (non-hydrogen) atoms. The minimum atomic E-state index is -1.41. The Morgan fingerprint density at radius 2 is 1.48 bits per heavy atom. The molecule has 0 aliphatic carbocycles. The molecule has 0 aliphatic rings. The molecular weight excluding hydrogens is 292 g/mol. The summed E-state index contributed by atoms with van der Waals surface area (Å²) in [7, 11) is -2.77. The van der Waals surface area contributed by atoms with Crippen molar-refractivity contribution in [2.24, 2.45) is 20.1 Å². The third-order valence-electron chi connectivity index (χ3n) is 2.29. The summed E-state index contributed by atoms with van der Waals surface area (Å²) in [4.78, 5) is 11.9. The molecule has 0 aromatic heterocycles. The molecule has 120 valence electrons. The van der Waals surface area contributed by atoms with Crippen molar-refractivity contribution in [3.8, 4) is 0 Å². The average Bonchev–Trinajstić information content (AvgIpc) is 2.21. The van der Waals surface area contributed by atoms with Crippen LogP contribution in [0.1, 0.15) is 20.8 Å². The van der Waals surface area contributed by atoms with E-state index in [1.54, 1.807) is 12.6 Å². The summed E-state index contributed by atoms with van der Waals surface area (Å²) < 4.78 is 4.40. The number of aliphatic imine (C=N–C) groups is 2. The highest BCUT2D eigenvalue weighted by Crippen LogP contribution is 2.23. The lowest BCUT2D eigenvalue weighted by molar-refractivity contribution is 0.485. The Hall–Kier alpha value is -1.02. The Morgan fingerprint density at radius 1 is 0.905 bits per heavy atom. The second kappa shape index (κ2) is 7.84. The summed E-state index contributed by atoms with van der Waals surface area (Å²) in [6.45, 7) is 20.0. The van der Waals surface area contributed by atoms with Gasteiger partial charge in [-0.3, -0.25) is 0 Å². The van der Waals surface area contributed by atoms with Crippen LogP contribution in [-0.2, 0) is 0 Å². The van der Waals surface area contributed by atoms with Gasteiger partial charge in [0.2, 0.25) is 0 Å². The number of hydrogen-bond donors (Lipinski definition) is 1. The number of nitrogens with one attached hydrogen (secondary N) is 1. The first kappa shape index (κ1) is 20.0. The van der Waals surface area contributed by atoms with E-state index in [-0.39, 0.29) is 5.41 Å². The van der Waals surface area contributed by atoms with Crippen LogP contribution in [0.3, 0.4) is 0 Å². The molecule has 0 unspecified atom stereocenters. The predicted octanol–water partition coefficient (Wildman–Crippen LogP) is 4.30. The van der Waals surface area contributed by atoms with Gasteiger partial charge in [0.15, 0.2) is 8.24 Å². The molecule has 4 nitrogen and oxygen atoms in total. The Balaban J connectivity index is 4.75. The van der Waals surface area contributed by atoms with Crippen LogP contribution in [0.2, 0.25) is 39.3 Å². The van der Waals surface area contributed by atoms with E-state index in [2.05, 4.69) is 79.7 Å². The fourth-order valence-corrected chi connectivity index (χ4v) is 2.99. The zero-order chi connectivity index (χ0) is 16.7. The highest BCUT2D eigenvalue weighted by atomic mass is 28.3. The summed E-state index contributed by atoms with van der Waals surface area (Å²) in [5.41, 5.74) is 1.30. The van der Waals surface area contributed by atoms with Crippen LogP contribution in [0.4, 0.5) is 0 Å². The Morgan fingerprint density at radius 3 is 1.90 bits per heavy atom. The first-order valence-electron chi connectivity index (χ1n) is 7.39. The van der Waals surface area contributed by atoms with Gasteiger partial charge in [-0.1, -0.05) is 40.4 Å². The number of hydrogen-bond acceptors (Lipinski definition) is 2. The lowest BCUT2D eigenvalue weighted by Gasteiger charge is -2.30. The highest BCUT2D eigenvalue weighted by molar-refractivity contribution is 6.75. The molecule has 0 saturated heterocycles. The molecule has 0 fully saturated rings. The molecule has 6 heteroatoms. The molecule has 0 aromatic carbocycles. The quantitative estimate of drug-likeness (QED) is 0.442. The summed E-state index contributed by atoms with van der Waals surface area (Å²) in [5, 5.41) is 0. The number of nitrogens with zero attached hydrogens (tertiary/aromatic N) is 3. The fourth-order valence-electron chi connectivity index (χ4n) is 1.31. The van der Waals surface area contributed by atoms with Crippen LogP contribution in [-0.4, -0.2) is 35.4 Å². The highest BCUT2D eigenvalue weighted by Gasteiger charge is 2.22. The van der Waals surface area contributed by atoms with Crippen LogP contribution in [0.5, 0.6) is 0 Å². The van der Waals surface area contributed by atoms with E-state index in [4.69, 9.17) is 0 Å². The van der Waals surface area contributed by atoms with E-state index in [9.17, 15) is 0 Å². The Bertz CT molecular complexity index is 430. The summed E-state index contributed by atoms with van der Waals surface area (Å²) >= 11 is 0. The van der Waals surface area contributed by atoms with Gasteiger partial charge in [-0.15, -0.1) is 0 Å². The SMILES string of the molecule is CC(C)(C)C(=CC=NC=N/C=N/[Si](C)(C)C)N[Si](C)(C)C. The lowest BCUT2D eigenvalue weighted by Crippen LogP contribution is -2.43. The van der Waals surface area contributed by atoms with Gasteiger partial charge in [0, 0.05) is 17.3 Å².